The van der Waals surface area contributed by atoms with Crippen LogP contribution in [0.5, 0.6) is 0 Å². The van der Waals surface area contributed by atoms with Gasteiger partial charge in [-0.05, 0) is 35.5 Å². The number of hydrogen-bond acceptors (Lipinski definition) is 5. The van der Waals surface area contributed by atoms with Crippen molar-refractivity contribution >= 4 is 41.2 Å². The highest BCUT2D eigenvalue weighted by Gasteiger charge is 2.36. The minimum absolute atomic E-state index is 0.0957. The molecule has 6 nitrogen and oxygen atoms in total. The molecule has 1 saturated heterocycles. The summed E-state index contributed by atoms with van der Waals surface area (Å²) in [6, 6.07) is 7.82. The molecule has 3 atom stereocenters. The van der Waals surface area contributed by atoms with Gasteiger partial charge in [0.2, 0.25) is 0 Å². The van der Waals surface area contributed by atoms with Crippen LogP contribution in [0, 0.1) is 5.82 Å². The topological polar surface area (TPSA) is 71.0 Å². The van der Waals surface area contributed by atoms with Gasteiger partial charge in [0.1, 0.15) is 28.9 Å². The van der Waals surface area contributed by atoms with Crippen LogP contribution in [0.2, 0.25) is 0 Å². The van der Waals surface area contributed by atoms with Gasteiger partial charge in [-0.15, -0.1) is 9.24 Å². The smallest absolute Gasteiger partial charge is 0.257 e. The first kappa shape index (κ1) is 23.6. The van der Waals surface area contributed by atoms with Crippen LogP contribution in [-0.4, -0.2) is 39.4 Å². The van der Waals surface area contributed by atoms with Crippen molar-refractivity contribution in [1.29, 1.82) is 0 Å². The highest BCUT2D eigenvalue weighted by atomic mass is 31.0. The van der Waals surface area contributed by atoms with Gasteiger partial charge >= 0.3 is 0 Å². The summed E-state index contributed by atoms with van der Waals surface area (Å²) in [4.78, 5) is 28.0. The lowest BCUT2D eigenvalue weighted by Crippen LogP contribution is -2.27. The normalized spacial score (nSPS) is 18.1. The first-order valence-corrected chi connectivity index (χ1v) is 11.7. The molecule has 3 heterocycles. The fourth-order valence-corrected chi connectivity index (χ4v) is 4.38. The first-order chi connectivity index (χ1) is 15.6. The predicted octanol–water partition coefficient (Wildman–Crippen LogP) is 4.30. The lowest BCUT2D eigenvalue weighted by atomic mass is 10.1. The van der Waals surface area contributed by atoms with Crippen LogP contribution in [0.15, 0.2) is 42.9 Å². The van der Waals surface area contributed by atoms with Gasteiger partial charge < -0.3 is 10.2 Å². The van der Waals surface area contributed by atoms with Gasteiger partial charge in [-0.1, -0.05) is 29.2 Å². The number of alkyl halides is 1. The molecule has 1 amide bonds. The number of rotatable bonds is 5. The van der Waals surface area contributed by atoms with Crippen molar-refractivity contribution in [3.05, 3.63) is 59.9 Å². The number of benzene rings is 1. The fourth-order valence-electron chi connectivity index (χ4n) is 3.71. The van der Waals surface area contributed by atoms with E-state index in [9.17, 15) is 13.6 Å². The molecule has 0 spiro atoms. The average Bonchev–Trinajstić information content (AvgIpc) is 3.15. The Bertz CT molecular complexity index is 1190. The standard InChI is InChI=1S/C23H25F2N5OP2/c1-13(2)17-5-3-14(10-26-17)22(31)29-20-19(16-9-15(24)4-6-18(16)32)27-12-28-21(20)30-8-7-23(25,33)11-30/h3-6,9-10,12-13H,7-8,11,32-33H2,1-2H3,(H,29,31). The number of pyridine rings is 1. The molecular formula is C23H25F2N5OP2. The summed E-state index contributed by atoms with van der Waals surface area (Å²) < 4.78 is 28.7. The lowest BCUT2D eigenvalue weighted by Gasteiger charge is -2.23. The van der Waals surface area contributed by atoms with Gasteiger partial charge in [-0.3, -0.25) is 9.78 Å². The van der Waals surface area contributed by atoms with Gasteiger partial charge in [0.05, 0.1) is 12.1 Å². The molecule has 4 rings (SSSR count). The number of carbonyl (C=O) groups is 1. The number of aromatic nitrogens is 3. The molecule has 0 aliphatic carbocycles. The maximum Gasteiger partial charge on any atom is 0.257 e. The molecule has 1 aromatic carbocycles. The lowest BCUT2D eigenvalue weighted by molar-refractivity contribution is 0.102. The average molecular weight is 487 g/mol. The summed E-state index contributed by atoms with van der Waals surface area (Å²) in [6.07, 6.45) is 3.16. The molecule has 1 fully saturated rings. The van der Waals surface area contributed by atoms with Crippen LogP contribution in [0.4, 0.5) is 20.3 Å². The largest absolute Gasteiger partial charge is 0.351 e. The van der Waals surface area contributed by atoms with E-state index in [1.807, 2.05) is 19.9 Å². The van der Waals surface area contributed by atoms with Crippen molar-refractivity contribution in [2.75, 3.05) is 23.3 Å². The number of nitrogens with one attached hydrogen (secondary N) is 1. The van der Waals surface area contributed by atoms with Gasteiger partial charge in [0.25, 0.3) is 5.91 Å². The molecule has 33 heavy (non-hydrogen) atoms. The van der Waals surface area contributed by atoms with Crippen molar-refractivity contribution in [3.63, 3.8) is 0 Å². The third kappa shape index (κ3) is 5.18. The predicted molar refractivity (Wildman–Crippen MR) is 133 cm³/mol. The maximum absolute atomic E-state index is 14.6. The van der Waals surface area contributed by atoms with Crippen molar-refractivity contribution < 1.29 is 13.6 Å². The van der Waals surface area contributed by atoms with E-state index in [1.54, 1.807) is 17.0 Å². The third-order valence-corrected chi connectivity index (χ3v) is 6.50. The zero-order chi connectivity index (χ0) is 23.8. The van der Waals surface area contributed by atoms with E-state index in [4.69, 9.17) is 0 Å². The third-order valence-electron chi connectivity index (χ3n) is 5.53. The zero-order valence-electron chi connectivity index (χ0n) is 18.3. The van der Waals surface area contributed by atoms with Crippen LogP contribution in [0.25, 0.3) is 11.3 Å². The van der Waals surface area contributed by atoms with E-state index in [0.717, 1.165) is 5.69 Å². The van der Waals surface area contributed by atoms with E-state index in [0.29, 0.717) is 46.6 Å². The molecule has 2 aromatic heterocycles. The van der Waals surface area contributed by atoms with Gasteiger partial charge in [-0.2, -0.15) is 0 Å². The second-order valence-electron chi connectivity index (χ2n) is 8.44. The summed E-state index contributed by atoms with van der Waals surface area (Å²) in [6.45, 7) is 4.56. The Balaban J connectivity index is 1.78. The highest BCUT2D eigenvalue weighted by molar-refractivity contribution is 7.28. The second kappa shape index (κ2) is 9.36. The van der Waals surface area contributed by atoms with Crippen LogP contribution >= 0.6 is 18.5 Å². The number of anilines is 2. The van der Waals surface area contributed by atoms with Crippen molar-refractivity contribution in [2.45, 2.75) is 31.6 Å². The van der Waals surface area contributed by atoms with E-state index >= 15 is 0 Å². The van der Waals surface area contributed by atoms with Gasteiger partial charge in [0, 0.05) is 30.4 Å². The Morgan fingerprint density at radius 2 is 2.00 bits per heavy atom. The molecular weight excluding hydrogens is 462 g/mol. The number of halogens is 2. The SMILES string of the molecule is CC(C)c1ccc(C(=O)Nc2c(-c3cc(F)ccc3P)ncnc2N2CCC(F)(P)C2)cn1. The molecule has 0 bridgehead atoms. The molecule has 1 aliphatic heterocycles. The minimum atomic E-state index is -1.45. The van der Waals surface area contributed by atoms with Crippen LogP contribution in [0.3, 0.4) is 0 Å². The molecule has 1 N–H and O–H groups in total. The van der Waals surface area contributed by atoms with Crippen LogP contribution in [-0.2, 0) is 0 Å². The number of carbonyl (C=O) groups excluding carboxylic acids is 1. The van der Waals surface area contributed by atoms with Crippen LogP contribution < -0.4 is 15.5 Å². The summed E-state index contributed by atoms with van der Waals surface area (Å²) in [5.74, 6) is -0.223. The molecule has 0 radical (unpaired) electrons. The van der Waals surface area contributed by atoms with E-state index < -0.39 is 17.1 Å². The summed E-state index contributed by atoms with van der Waals surface area (Å²) >= 11 is 0. The van der Waals surface area contributed by atoms with Crippen LogP contribution in [0.1, 0.15) is 42.2 Å². The number of nitrogens with zero attached hydrogens (tertiary/aromatic N) is 4. The van der Waals surface area contributed by atoms with E-state index in [2.05, 4.69) is 38.7 Å². The molecule has 3 aromatic rings. The molecule has 172 valence electrons. The Labute approximate surface area is 196 Å². The summed E-state index contributed by atoms with van der Waals surface area (Å²) in [5.41, 5.74) is 2.37. The summed E-state index contributed by atoms with van der Waals surface area (Å²) in [5, 5.41) is 2.14. The summed E-state index contributed by atoms with van der Waals surface area (Å²) in [7, 11) is 4.78. The minimum Gasteiger partial charge on any atom is -0.351 e. The van der Waals surface area contributed by atoms with E-state index in [-0.39, 0.29) is 12.5 Å². The highest BCUT2D eigenvalue weighted by Crippen LogP contribution is 2.39. The quantitative estimate of drug-likeness (QED) is 0.544. The Morgan fingerprint density at radius 3 is 2.64 bits per heavy atom. The maximum atomic E-state index is 14.6. The van der Waals surface area contributed by atoms with Crippen molar-refractivity contribution in [3.8, 4) is 11.3 Å². The Kier molecular flexibility index (Phi) is 6.69. The Hall–Kier alpha value is -2.56. The Morgan fingerprint density at radius 1 is 1.21 bits per heavy atom. The van der Waals surface area contributed by atoms with Crippen molar-refractivity contribution in [1.82, 2.24) is 15.0 Å². The van der Waals surface area contributed by atoms with Gasteiger partial charge in [-0.25, -0.2) is 18.7 Å². The number of amides is 1. The fraction of sp³-hybridized carbons (Fsp3) is 0.304. The number of hydrogen-bond donors (Lipinski definition) is 1. The molecule has 1 aliphatic rings. The molecule has 10 heteroatoms. The first-order valence-electron chi connectivity index (χ1n) is 10.5. The van der Waals surface area contributed by atoms with Gasteiger partial charge in [0.15, 0.2) is 5.82 Å². The molecule has 0 saturated carbocycles. The molecule has 3 unspecified atom stereocenters. The zero-order valence-corrected chi connectivity index (χ0v) is 20.7. The van der Waals surface area contributed by atoms with E-state index in [1.165, 1.54) is 24.7 Å². The monoisotopic (exact) mass is 487 g/mol. The second-order valence-corrected chi connectivity index (χ2v) is 10.1. The van der Waals surface area contributed by atoms with Crippen molar-refractivity contribution in [2.24, 2.45) is 0 Å².